The number of amides is 2. The van der Waals surface area contributed by atoms with Gasteiger partial charge in [-0.3, -0.25) is 14.5 Å². The van der Waals surface area contributed by atoms with Crippen LogP contribution in [-0.2, 0) is 15.6 Å². The molecule has 5 rings (SSSR count). The third-order valence-corrected chi connectivity index (χ3v) is 9.64. The zero-order chi connectivity index (χ0) is 31.6. The summed E-state index contributed by atoms with van der Waals surface area (Å²) in [5.74, 6) is -1.53. The molecule has 0 radical (unpaired) electrons. The SMILES string of the molecule is CCN1CCC(C(N)=O)(c2ccccc2)CC1C1(c2ccc(F)c(F)c2)CCN(C(=O)c2cc(OC)c(OC)c(OC)c2)C1. The minimum absolute atomic E-state index is 0.221. The molecule has 2 fully saturated rings. The molecule has 10 heteroatoms. The van der Waals surface area contributed by atoms with Crippen molar-refractivity contribution in [3.63, 3.8) is 0 Å². The molecule has 3 atom stereocenters. The van der Waals surface area contributed by atoms with Crippen LogP contribution in [0.4, 0.5) is 8.78 Å². The molecule has 2 heterocycles. The lowest BCUT2D eigenvalue weighted by atomic mass is 9.61. The number of benzene rings is 3. The number of piperidine rings is 1. The summed E-state index contributed by atoms with van der Waals surface area (Å²) in [7, 11) is 4.45. The molecule has 3 aromatic rings. The van der Waals surface area contributed by atoms with Crippen molar-refractivity contribution in [2.24, 2.45) is 5.73 Å². The van der Waals surface area contributed by atoms with E-state index in [4.69, 9.17) is 19.9 Å². The van der Waals surface area contributed by atoms with Crippen LogP contribution in [0.5, 0.6) is 17.2 Å². The third kappa shape index (κ3) is 5.25. The Morgan fingerprint density at radius 1 is 0.886 bits per heavy atom. The van der Waals surface area contributed by atoms with E-state index in [0.717, 1.165) is 11.6 Å². The van der Waals surface area contributed by atoms with Gasteiger partial charge in [-0.1, -0.05) is 43.3 Å². The molecule has 0 aliphatic carbocycles. The highest BCUT2D eigenvalue weighted by molar-refractivity contribution is 5.96. The molecule has 8 nitrogen and oxygen atoms in total. The maximum Gasteiger partial charge on any atom is 0.254 e. The number of ether oxygens (including phenoxy) is 3. The molecular weight excluding hydrogens is 568 g/mol. The van der Waals surface area contributed by atoms with Crippen molar-refractivity contribution >= 4 is 11.8 Å². The summed E-state index contributed by atoms with van der Waals surface area (Å²) in [5.41, 5.74) is 6.14. The van der Waals surface area contributed by atoms with Crippen molar-refractivity contribution < 1.29 is 32.6 Å². The fraction of sp³-hybridized carbons (Fsp3) is 0.412. The van der Waals surface area contributed by atoms with E-state index in [1.165, 1.54) is 27.4 Å². The van der Waals surface area contributed by atoms with Gasteiger partial charge in [-0.2, -0.15) is 0 Å². The van der Waals surface area contributed by atoms with E-state index in [9.17, 15) is 18.4 Å². The molecule has 2 N–H and O–H groups in total. The van der Waals surface area contributed by atoms with Gasteiger partial charge in [0.05, 0.1) is 26.7 Å². The zero-order valence-corrected chi connectivity index (χ0v) is 25.6. The molecule has 0 bridgehead atoms. The van der Waals surface area contributed by atoms with Gasteiger partial charge in [-0.25, -0.2) is 8.78 Å². The van der Waals surface area contributed by atoms with Crippen LogP contribution < -0.4 is 19.9 Å². The molecule has 0 spiro atoms. The van der Waals surface area contributed by atoms with Crippen LogP contribution in [0.2, 0.25) is 0 Å². The lowest BCUT2D eigenvalue weighted by Gasteiger charge is -2.52. The quantitative estimate of drug-likeness (QED) is 0.380. The Bertz CT molecular complexity index is 1510. The van der Waals surface area contributed by atoms with E-state index >= 15 is 0 Å². The summed E-state index contributed by atoms with van der Waals surface area (Å²) < 4.78 is 45.5. The normalized spacial score (nSPS) is 23.8. The number of hydrogen-bond acceptors (Lipinski definition) is 6. The van der Waals surface area contributed by atoms with Gasteiger partial charge in [0, 0.05) is 30.1 Å². The highest BCUT2D eigenvalue weighted by Gasteiger charge is 2.55. The van der Waals surface area contributed by atoms with Gasteiger partial charge >= 0.3 is 0 Å². The van der Waals surface area contributed by atoms with E-state index < -0.39 is 28.4 Å². The van der Waals surface area contributed by atoms with Crippen LogP contribution in [0.3, 0.4) is 0 Å². The van der Waals surface area contributed by atoms with Gasteiger partial charge in [0.1, 0.15) is 0 Å². The molecule has 2 saturated heterocycles. The third-order valence-electron chi connectivity index (χ3n) is 9.64. The van der Waals surface area contributed by atoms with E-state index in [1.807, 2.05) is 37.3 Å². The standard InChI is InChI=1S/C34H39F2N3O5/c1-5-38-15-13-33(32(37)41,23-9-7-6-8-10-23)20-29(38)34(24-11-12-25(35)26(36)19-24)14-16-39(21-34)31(40)22-17-27(42-2)30(44-4)28(18-22)43-3/h6-12,17-19,29H,5,13-16,20-21H2,1-4H3,(H2,37,41). The molecule has 234 valence electrons. The highest BCUT2D eigenvalue weighted by atomic mass is 19.2. The molecule has 3 unspecified atom stereocenters. The number of halogens is 2. The van der Waals surface area contributed by atoms with Crippen molar-refractivity contribution in [1.29, 1.82) is 0 Å². The summed E-state index contributed by atoms with van der Waals surface area (Å²) in [6, 6.07) is 16.4. The largest absolute Gasteiger partial charge is 0.493 e. The fourth-order valence-electron chi connectivity index (χ4n) is 7.26. The number of hydrogen-bond donors (Lipinski definition) is 1. The second-order valence-corrected chi connectivity index (χ2v) is 11.6. The lowest BCUT2D eigenvalue weighted by Crippen LogP contribution is -2.61. The number of carbonyl (C=O) groups excluding carboxylic acids is 2. The topological polar surface area (TPSA) is 94.3 Å². The van der Waals surface area contributed by atoms with E-state index in [1.54, 1.807) is 23.1 Å². The van der Waals surface area contributed by atoms with Crippen molar-refractivity contribution in [3.8, 4) is 17.2 Å². The van der Waals surface area contributed by atoms with Crippen LogP contribution in [-0.4, -0.2) is 75.2 Å². The van der Waals surface area contributed by atoms with Crippen LogP contribution in [0.25, 0.3) is 0 Å². The summed E-state index contributed by atoms with van der Waals surface area (Å²) in [5, 5.41) is 0. The summed E-state index contributed by atoms with van der Waals surface area (Å²) in [4.78, 5) is 31.4. The minimum atomic E-state index is -0.961. The Labute approximate surface area is 256 Å². The fourth-order valence-corrected chi connectivity index (χ4v) is 7.26. The summed E-state index contributed by atoms with van der Waals surface area (Å²) >= 11 is 0. The second-order valence-electron chi connectivity index (χ2n) is 11.6. The van der Waals surface area contributed by atoms with Gasteiger partial charge < -0.3 is 24.8 Å². The number of nitrogens with zero attached hydrogens (tertiary/aromatic N) is 2. The Balaban J connectivity index is 1.61. The first-order chi connectivity index (χ1) is 21.1. The Hall–Kier alpha value is -4.18. The number of carbonyl (C=O) groups is 2. The van der Waals surface area contributed by atoms with Gasteiger partial charge in [0.2, 0.25) is 11.7 Å². The number of methoxy groups -OCH3 is 3. The average molecular weight is 608 g/mol. The smallest absolute Gasteiger partial charge is 0.254 e. The van der Waals surface area contributed by atoms with Crippen LogP contribution in [0.1, 0.15) is 47.7 Å². The number of likely N-dealkylation sites (tertiary alicyclic amines) is 2. The number of rotatable bonds is 9. The van der Waals surface area contributed by atoms with Crippen molar-refractivity contribution in [1.82, 2.24) is 9.80 Å². The first-order valence-electron chi connectivity index (χ1n) is 14.8. The molecule has 2 aliphatic rings. The van der Waals surface area contributed by atoms with Crippen molar-refractivity contribution in [2.45, 2.75) is 43.1 Å². The maximum absolute atomic E-state index is 14.9. The second kappa shape index (κ2) is 12.4. The Kier molecular flexibility index (Phi) is 8.83. The van der Waals surface area contributed by atoms with Crippen LogP contribution in [0, 0.1) is 11.6 Å². The first kappa shape index (κ1) is 31.3. The van der Waals surface area contributed by atoms with E-state index in [2.05, 4.69) is 4.90 Å². The summed E-state index contributed by atoms with van der Waals surface area (Å²) in [6.07, 6.45) is 1.36. The molecule has 3 aromatic carbocycles. The Morgan fingerprint density at radius 3 is 2.14 bits per heavy atom. The zero-order valence-electron chi connectivity index (χ0n) is 25.6. The maximum atomic E-state index is 14.9. The highest BCUT2D eigenvalue weighted by Crippen LogP contribution is 2.49. The van der Waals surface area contributed by atoms with E-state index in [0.29, 0.717) is 67.3 Å². The van der Waals surface area contributed by atoms with Gasteiger partial charge in [-0.15, -0.1) is 0 Å². The Morgan fingerprint density at radius 2 is 1.57 bits per heavy atom. The van der Waals surface area contributed by atoms with E-state index in [-0.39, 0.29) is 18.5 Å². The predicted molar refractivity (Wildman–Crippen MR) is 162 cm³/mol. The van der Waals surface area contributed by atoms with Crippen molar-refractivity contribution in [2.75, 3.05) is 47.5 Å². The summed E-state index contributed by atoms with van der Waals surface area (Å²) in [6.45, 7) is 3.86. The monoisotopic (exact) mass is 607 g/mol. The van der Waals surface area contributed by atoms with Gasteiger partial charge in [0.15, 0.2) is 23.1 Å². The molecule has 0 saturated carbocycles. The minimum Gasteiger partial charge on any atom is -0.493 e. The molecule has 0 aromatic heterocycles. The molecule has 2 amide bonds. The van der Waals surface area contributed by atoms with Gasteiger partial charge in [-0.05, 0) is 67.7 Å². The molecular formula is C34H39F2N3O5. The number of nitrogens with two attached hydrogens (primary N) is 1. The number of likely N-dealkylation sites (N-methyl/N-ethyl adjacent to an activating group) is 1. The van der Waals surface area contributed by atoms with Crippen molar-refractivity contribution in [3.05, 3.63) is 89.0 Å². The van der Waals surface area contributed by atoms with Crippen LogP contribution in [0.15, 0.2) is 60.7 Å². The van der Waals surface area contributed by atoms with Crippen LogP contribution >= 0.6 is 0 Å². The molecule has 2 aliphatic heterocycles. The predicted octanol–water partition coefficient (Wildman–Crippen LogP) is 4.68. The average Bonchev–Trinajstić information content (AvgIpc) is 3.51. The number of primary amides is 1. The molecule has 44 heavy (non-hydrogen) atoms. The lowest BCUT2D eigenvalue weighted by molar-refractivity contribution is -0.127. The first-order valence-corrected chi connectivity index (χ1v) is 14.8. The van der Waals surface area contributed by atoms with Gasteiger partial charge in [0.25, 0.3) is 5.91 Å².